The monoisotopic (exact) mass is 294 g/mol. The average Bonchev–Trinajstić information content (AvgIpc) is 2.45. The van der Waals surface area contributed by atoms with Gasteiger partial charge in [-0.25, -0.2) is 0 Å². The first-order valence-electron chi connectivity index (χ1n) is 7.71. The number of ether oxygens (including phenoxy) is 2. The minimum Gasteiger partial charge on any atom is -0.392 e. The molecule has 0 rings (SSSR count). The molecule has 120 valence electrons. The molecule has 0 saturated heterocycles. The molecule has 0 aliphatic carbocycles. The molecule has 0 spiro atoms. The Morgan fingerprint density at radius 3 is 2.14 bits per heavy atom. The first-order chi connectivity index (χ1) is 10.0. The van der Waals surface area contributed by atoms with Crippen molar-refractivity contribution >= 4 is 0 Å². The van der Waals surface area contributed by atoms with Crippen LogP contribution in [0.1, 0.15) is 53.4 Å². The summed E-state index contributed by atoms with van der Waals surface area (Å²) in [4.78, 5) is 0. The summed E-state index contributed by atoms with van der Waals surface area (Å²) < 4.78 is 11.2. The van der Waals surface area contributed by atoms with Gasteiger partial charge in [-0.3, -0.25) is 0 Å². The lowest BCUT2D eigenvalue weighted by atomic mass is 10.0. The van der Waals surface area contributed by atoms with E-state index in [1.165, 1.54) is 11.1 Å². The molecule has 0 saturated carbocycles. The number of hydrogen-bond donors (Lipinski definition) is 1. The molecule has 0 aliphatic rings. The Morgan fingerprint density at radius 2 is 1.67 bits per heavy atom. The van der Waals surface area contributed by atoms with Crippen LogP contribution < -0.4 is 0 Å². The van der Waals surface area contributed by atoms with Gasteiger partial charge in [-0.1, -0.05) is 23.3 Å². The van der Waals surface area contributed by atoms with Gasteiger partial charge >= 0.3 is 0 Å². The van der Waals surface area contributed by atoms with Crippen molar-refractivity contribution in [3.05, 3.63) is 23.3 Å². The Balaban J connectivity index is 4.39. The molecule has 0 aromatic heterocycles. The molecule has 0 aromatic carbocycles. The number of rotatable bonds is 11. The van der Waals surface area contributed by atoms with Gasteiger partial charge in [0.15, 0.2) is 0 Å². The molecule has 0 aliphatic heterocycles. The van der Waals surface area contributed by atoms with Gasteiger partial charge in [-0.15, -0.1) is 6.42 Å². The second-order valence-electron chi connectivity index (χ2n) is 5.09. The topological polar surface area (TPSA) is 38.7 Å². The first-order valence-corrected chi connectivity index (χ1v) is 7.71. The second-order valence-corrected chi connectivity index (χ2v) is 5.09. The van der Waals surface area contributed by atoms with Gasteiger partial charge in [-0.05, 0) is 52.9 Å². The highest BCUT2D eigenvalue weighted by Gasteiger charge is 2.28. The van der Waals surface area contributed by atoms with Crippen LogP contribution in [0.2, 0.25) is 0 Å². The normalized spacial score (nSPS) is 13.3. The molecule has 3 nitrogen and oxygen atoms in total. The van der Waals surface area contributed by atoms with Crippen LogP contribution in [0.5, 0.6) is 0 Å². The third kappa shape index (κ3) is 8.72. The van der Waals surface area contributed by atoms with E-state index in [4.69, 9.17) is 21.0 Å². The van der Waals surface area contributed by atoms with Crippen molar-refractivity contribution in [2.24, 2.45) is 0 Å². The molecule has 0 unspecified atom stereocenters. The predicted octanol–water partition coefficient (Wildman–Crippen LogP) is 3.83. The zero-order chi connectivity index (χ0) is 16.1. The van der Waals surface area contributed by atoms with Crippen LogP contribution >= 0.6 is 0 Å². The summed E-state index contributed by atoms with van der Waals surface area (Å²) in [6.45, 7) is 9.17. The molecule has 0 bridgehead atoms. The Bertz CT molecular complexity index is 368. The molecule has 0 amide bonds. The van der Waals surface area contributed by atoms with Crippen molar-refractivity contribution in [3.63, 3.8) is 0 Å². The summed E-state index contributed by atoms with van der Waals surface area (Å²) in [7, 11) is 0. The van der Waals surface area contributed by atoms with Crippen LogP contribution in [0.25, 0.3) is 0 Å². The standard InChI is InChI=1S/C18H30O3/c1-6-18(20-7-2,21-8-3)14-12-16(4)10-9-11-17(5)13-15-19/h1,10,13,19H,7-9,11-12,14-15H2,2-5H3. The molecule has 3 heteroatoms. The second kappa shape index (κ2) is 11.6. The molecule has 0 atom stereocenters. The van der Waals surface area contributed by atoms with Gasteiger partial charge in [0.25, 0.3) is 0 Å². The summed E-state index contributed by atoms with van der Waals surface area (Å²) in [5, 5.41) is 8.81. The highest BCUT2D eigenvalue weighted by molar-refractivity contribution is 5.08. The molecular weight excluding hydrogens is 264 g/mol. The quantitative estimate of drug-likeness (QED) is 0.357. The van der Waals surface area contributed by atoms with Crippen molar-refractivity contribution in [1.82, 2.24) is 0 Å². The summed E-state index contributed by atoms with van der Waals surface area (Å²) in [6, 6.07) is 0. The van der Waals surface area contributed by atoms with Crippen LogP contribution in [-0.2, 0) is 9.47 Å². The van der Waals surface area contributed by atoms with Crippen molar-refractivity contribution in [2.75, 3.05) is 19.8 Å². The number of hydrogen-bond acceptors (Lipinski definition) is 3. The minimum atomic E-state index is -0.898. The van der Waals surface area contributed by atoms with E-state index in [9.17, 15) is 0 Å². The molecule has 1 N–H and O–H groups in total. The highest BCUT2D eigenvalue weighted by atomic mass is 16.7. The number of aliphatic hydroxyl groups excluding tert-OH is 1. The van der Waals surface area contributed by atoms with Crippen LogP contribution in [0.3, 0.4) is 0 Å². The van der Waals surface area contributed by atoms with E-state index in [1.54, 1.807) is 0 Å². The minimum absolute atomic E-state index is 0.113. The average molecular weight is 294 g/mol. The Labute approximate surface area is 130 Å². The van der Waals surface area contributed by atoms with Gasteiger partial charge < -0.3 is 14.6 Å². The first kappa shape index (κ1) is 19.9. The van der Waals surface area contributed by atoms with Gasteiger partial charge in [0, 0.05) is 19.6 Å². The van der Waals surface area contributed by atoms with Gasteiger partial charge in [0.05, 0.1) is 6.61 Å². The third-order valence-corrected chi connectivity index (χ3v) is 3.29. The van der Waals surface area contributed by atoms with Crippen molar-refractivity contribution in [1.29, 1.82) is 0 Å². The summed E-state index contributed by atoms with van der Waals surface area (Å²) in [6.07, 6.45) is 13.1. The van der Waals surface area contributed by atoms with Crippen molar-refractivity contribution in [2.45, 2.75) is 59.2 Å². The lowest BCUT2D eigenvalue weighted by Crippen LogP contribution is -2.34. The molecule has 0 fully saturated rings. The SMILES string of the molecule is C#CC(CCC(C)=CCCC(C)=CCO)(OCC)OCC. The molecular formula is C18H30O3. The maximum Gasteiger partial charge on any atom is 0.233 e. The summed E-state index contributed by atoms with van der Waals surface area (Å²) >= 11 is 0. The molecule has 21 heavy (non-hydrogen) atoms. The maximum atomic E-state index is 8.81. The lowest BCUT2D eigenvalue weighted by Gasteiger charge is -2.28. The summed E-state index contributed by atoms with van der Waals surface area (Å²) in [5.74, 6) is 1.76. The van der Waals surface area contributed by atoms with Gasteiger partial charge in [0.2, 0.25) is 5.79 Å². The molecule has 0 heterocycles. The van der Waals surface area contributed by atoms with Crippen LogP contribution in [0.15, 0.2) is 23.3 Å². The smallest absolute Gasteiger partial charge is 0.233 e. The molecule has 0 aromatic rings. The van der Waals surface area contributed by atoms with E-state index in [-0.39, 0.29) is 6.61 Å². The maximum absolute atomic E-state index is 8.81. The van der Waals surface area contributed by atoms with Crippen LogP contribution in [0, 0.1) is 12.3 Å². The zero-order valence-electron chi connectivity index (χ0n) is 13.9. The predicted molar refractivity (Wildman–Crippen MR) is 87.9 cm³/mol. The van der Waals surface area contributed by atoms with Crippen LogP contribution in [-0.4, -0.2) is 30.7 Å². The van der Waals surface area contributed by atoms with E-state index >= 15 is 0 Å². The van der Waals surface area contributed by atoms with E-state index in [0.29, 0.717) is 19.6 Å². The van der Waals surface area contributed by atoms with E-state index in [0.717, 1.165) is 19.3 Å². The molecule has 0 radical (unpaired) electrons. The zero-order valence-corrected chi connectivity index (χ0v) is 13.9. The third-order valence-electron chi connectivity index (χ3n) is 3.29. The van der Waals surface area contributed by atoms with Crippen LogP contribution in [0.4, 0.5) is 0 Å². The van der Waals surface area contributed by atoms with E-state index in [2.05, 4.69) is 18.9 Å². The fourth-order valence-electron chi connectivity index (χ4n) is 2.08. The van der Waals surface area contributed by atoms with Gasteiger partial charge in [0.1, 0.15) is 0 Å². The van der Waals surface area contributed by atoms with Gasteiger partial charge in [-0.2, -0.15) is 0 Å². The van der Waals surface area contributed by atoms with E-state index in [1.807, 2.05) is 26.8 Å². The van der Waals surface area contributed by atoms with E-state index < -0.39 is 5.79 Å². The largest absolute Gasteiger partial charge is 0.392 e. The summed E-state index contributed by atoms with van der Waals surface area (Å²) in [5.41, 5.74) is 2.49. The Kier molecular flexibility index (Phi) is 11.0. The highest BCUT2D eigenvalue weighted by Crippen LogP contribution is 2.22. The Hall–Kier alpha value is -1.08. The Morgan fingerprint density at radius 1 is 1.10 bits per heavy atom. The fourth-order valence-corrected chi connectivity index (χ4v) is 2.08. The lowest BCUT2D eigenvalue weighted by molar-refractivity contribution is -0.195. The fraction of sp³-hybridized carbons (Fsp3) is 0.667. The van der Waals surface area contributed by atoms with Crippen molar-refractivity contribution in [3.8, 4) is 12.3 Å². The number of allylic oxidation sites excluding steroid dienone is 3. The number of aliphatic hydroxyl groups is 1. The van der Waals surface area contributed by atoms with Crippen molar-refractivity contribution < 1.29 is 14.6 Å². The number of terminal acetylenes is 1.